The fourth-order valence-electron chi connectivity index (χ4n) is 2.67. The average molecular weight is 275 g/mol. The van der Waals surface area contributed by atoms with Crippen LogP contribution in [0.3, 0.4) is 0 Å². The van der Waals surface area contributed by atoms with E-state index >= 15 is 0 Å². The molecule has 1 fully saturated rings. The van der Waals surface area contributed by atoms with Gasteiger partial charge in [0.1, 0.15) is 0 Å². The van der Waals surface area contributed by atoms with Crippen LogP contribution >= 0.6 is 11.3 Å². The SMILES string of the molecule is Cc1ccsc1C(=O)N1CCCC[C@@H]1c1ccn[nH]1. The summed E-state index contributed by atoms with van der Waals surface area (Å²) in [6.45, 7) is 2.83. The summed E-state index contributed by atoms with van der Waals surface area (Å²) in [5, 5.41) is 9.01. The first-order chi connectivity index (χ1) is 9.27. The molecule has 0 radical (unpaired) electrons. The number of hydrogen-bond donors (Lipinski definition) is 1. The van der Waals surface area contributed by atoms with Crippen LogP contribution in [0.5, 0.6) is 0 Å². The molecule has 19 heavy (non-hydrogen) atoms. The van der Waals surface area contributed by atoms with Gasteiger partial charge in [0.25, 0.3) is 5.91 Å². The normalized spacial score (nSPS) is 19.6. The first-order valence-corrected chi connectivity index (χ1v) is 7.49. The maximum Gasteiger partial charge on any atom is 0.264 e. The molecule has 0 spiro atoms. The van der Waals surface area contributed by atoms with Gasteiger partial charge in [-0.2, -0.15) is 5.10 Å². The van der Waals surface area contributed by atoms with Crippen LogP contribution in [-0.2, 0) is 0 Å². The van der Waals surface area contributed by atoms with Gasteiger partial charge in [-0.05, 0) is 49.3 Å². The molecule has 0 saturated carbocycles. The zero-order valence-electron chi connectivity index (χ0n) is 10.9. The standard InChI is InChI=1S/C14H17N3OS/c1-10-6-9-19-13(10)14(18)17-8-3-2-4-12(17)11-5-7-15-16-11/h5-7,9,12H,2-4,8H2,1H3,(H,15,16)/t12-/m1/s1. The fourth-order valence-corrected chi connectivity index (χ4v) is 3.55. The number of aromatic amines is 1. The number of piperidine rings is 1. The van der Waals surface area contributed by atoms with Crippen molar-refractivity contribution in [2.45, 2.75) is 32.2 Å². The lowest BCUT2D eigenvalue weighted by atomic mass is 9.99. The topological polar surface area (TPSA) is 49.0 Å². The van der Waals surface area contributed by atoms with Crippen molar-refractivity contribution < 1.29 is 4.79 Å². The largest absolute Gasteiger partial charge is 0.329 e. The Balaban J connectivity index is 1.89. The third-order valence-electron chi connectivity index (χ3n) is 3.70. The molecule has 0 unspecified atom stereocenters. The summed E-state index contributed by atoms with van der Waals surface area (Å²) in [5.41, 5.74) is 2.12. The zero-order chi connectivity index (χ0) is 13.2. The Kier molecular flexibility index (Phi) is 3.38. The van der Waals surface area contributed by atoms with Crippen molar-refractivity contribution in [1.29, 1.82) is 0 Å². The van der Waals surface area contributed by atoms with Crippen LogP contribution in [0.4, 0.5) is 0 Å². The number of nitrogens with one attached hydrogen (secondary N) is 1. The molecule has 3 heterocycles. The summed E-state index contributed by atoms with van der Waals surface area (Å²) in [6.07, 6.45) is 5.01. The van der Waals surface area contributed by atoms with E-state index in [-0.39, 0.29) is 11.9 Å². The lowest BCUT2D eigenvalue weighted by Gasteiger charge is -2.35. The molecule has 1 atom stereocenters. The Labute approximate surface area is 116 Å². The van der Waals surface area contributed by atoms with Gasteiger partial charge in [0.15, 0.2) is 0 Å². The van der Waals surface area contributed by atoms with Crippen LogP contribution in [0.15, 0.2) is 23.7 Å². The monoisotopic (exact) mass is 275 g/mol. The predicted octanol–water partition coefficient (Wildman–Crippen LogP) is 3.15. The van der Waals surface area contributed by atoms with E-state index in [2.05, 4.69) is 10.2 Å². The Morgan fingerprint density at radius 3 is 3.05 bits per heavy atom. The highest BCUT2D eigenvalue weighted by molar-refractivity contribution is 7.12. The number of amides is 1. The molecular weight excluding hydrogens is 258 g/mol. The molecule has 5 heteroatoms. The summed E-state index contributed by atoms with van der Waals surface area (Å²) in [7, 11) is 0. The Morgan fingerprint density at radius 1 is 1.47 bits per heavy atom. The highest BCUT2D eigenvalue weighted by atomic mass is 32.1. The number of thiophene rings is 1. The first-order valence-electron chi connectivity index (χ1n) is 6.61. The van der Waals surface area contributed by atoms with Gasteiger partial charge < -0.3 is 4.90 Å². The molecule has 1 saturated heterocycles. The van der Waals surface area contributed by atoms with Crippen molar-refractivity contribution in [3.63, 3.8) is 0 Å². The number of likely N-dealkylation sites (tertiary alicyclic amines) is 1. The van der Waals surface area contributed by atoms with E-state index in [1.165, 1.54) is 11.3 Å². The minimum absolute atomic E-state index is 0.144. The molecule has 2 aromatic rings. The number of carbonyl (C=O) groups is 1. The van der Waals surface area contributed by atoms with Crippen LogP contribution in [0.1, 0.15) is 46.2 Å². The molecule has 0 aliphatic carbocycles. The summed E-state index contributed by atoms with van der Waals surface area (Å²) in [5.74, 6) is 0.159. The Bertz CT molecular complexity index is 561. The molecule has 0 bridgehead atoms. The molecule has 1 aliphatic rings. The quantitative estimate of drug-likeness (QED) is 0.915. The number of aromatic nitrogens is 2. The maximum absolute atomic E-state index is 12.7. The smallest absolute Gasteiger partial charge is 0.264 e. The molecule has 1 N–H and O–H groups in total. The van der Waals surface area contributed by atoms with E-state index in [1.54, 1.807) is 6.20 Å². The van der Waals surface area contributed by atoms with Crippen LogP contribution in [0.2, 0.25) is 0 Å². The van der Waals surface area contributed by atoms with E-state index in [0.29, 0.717) is 0 Å². The van der Waals surface area contributed by atoms with Crippen LogP contribution in [0.25, 0.3) is 0 Å². The van der Waals surface area contributed by atoms with Gasteiger partial charge >= 0.3 is 0 Å². The van der Waals surface area contributed by atoms with E-state index in [4.69, 9.17) is 0 Å². The number of hydrogen-bond acceptors (Lipinski definition) is 3. The van der Waals surface area contributed by atoms with Crippen molar-refractivity contribution in [2.75, 3.05) is 6.54 Å². The number of H-pyrrole nitrogens is 1. The minimum atomic E-state index is 0.144. The molecule has 0 aromatic carbocycles. The van der Waals surface area contributed by atoms with Crippen molar-refractivity contribution in [1.82, 2.24) is 15.1 Å². The second kappa shape index (κ2) is 5.17. The number of nitrogens with zero attached hydrogens (tertiary/aromatic N) is 2. The highest BCUT2D eigenvalue weighted by Crippen LogP contribution is 2.32. The lowest BCUT2D eigenvalue weighted by Crippen LogP contribution is -2.38. The number of rotatable bonds is 2. The third kappa shape index (κ3) is 2.30. The maximum atomic E-state index is 12.7. The van der Waals surface area contributed by atoms with Gasteiger partial charge in [0.05, 0.1) is 16.6 Å². The van der Waals surface area contributed by atoms with Gasteiger partial charge in [-0.15, -0.1) is 11.3 Å². The van der Waals surface area contributed by atoms with Gasteiger partial charge in [-0.1, -0.05) is 0 Å². The van der Waals surface area contributed by atoms with E-state index in [1.807, 2.05) is 29.3 Å². The van der Waals surface area contributed by atoms with E-state index < -0.39 is 0 Å². The van der Waals surface area contributed by atoms with E-state index in [0.717, 1.165) is 41.9 Å². The predicted molar refractivity (Wildman–Crippen MR) is 75.3 cm³/mol. The second-order valence-corrected chi connectivity index (χ2v) is 5.87. The zero-order valence-corrected chi connectivity index (χ0v) is 11.7. The second-order valence-electron chi connectivity index (χ2n) is 4.95. The Hall–Kier alpha value is -1.62. The average Bonchev–Trinajstić information content (AvgIpc) is 3.09. The third-order valence-corrected chi connectivity index (χ3v) is 4.71. The summed E-state index contributed by atoms with van der Waals surface area (Å²) in [4.78, 5) is 15.6. The van der Waals surface area contributed by atoms with Crippen LogP contribution in [0, 0.1) is 6.92 Å². The number of aryl methyl sites for hydroxylation is 1. The molecule has 4 nitrogen and oxygen atoms in total. The molecule has 2 aromatic heterocycles. The minimum Gasteiger partial charge on any atom is -0.329 e. The Morgan fingerprint density at radius 2 is 2.37 bits per heavy atom. The lowest BCUT2D eigenvalue weighted by molar-refractivity contribution is 0.0610. The fraction of sp³-hybridized carbons (Fsp3) is 0.429. The van der Waals surface area contributed by atoms with Crippen LogP contribution < -0.4 is 0 Å². The van der Waals surface area contributed by atoms with Crippen molar-refractivity contribution in [3.05, 3.63) is 39.8 Å². The summed E-state index contributed by atoms with van der Waals surface area (Å²) >= 11 is 1.53. The van der Waals surface area contributed by atoms with Crippen LogP contribution in [-0.4, -0.2) is 27.5 Å². The highest BCUT2D eigenvalue weighted by Gasteiger charge is 2.30. The van der Waals surface area contributed by atoms with Crippen molar-refractivity contribution >= 4 is 17.2 Å². The van der Waals surface area contributed by atoms with Crippen molar-refractivity contribution in [3.8, 4) is 0 Å². The molecule has 100 valence electrons. The first kappa shape index (κ1) is 12.4. The van der Waals surface area contributed by atoms with Crippen molar-refractivity contribution in [2.24, 2.45) is 0 Å². The van der Waals surface area contributed by atoms with Gasteiger partial charge in [-0.3, -0.25) is 9.89 Å². The summed E-state index contributed by atoms with van der Waals surface area (Å²) < 4.78 is 0. The number of carbonyl (C=O) groups excluding carboxylic acids is 1. The van der Waals surface area contributed by atoms with Gasteiger partial charge in [0.2, 0.25) is 0 Å². The molecule has 1 amide bonds. The molecular formula is C14H17N3OS. The van der Waals surface area contributed by atoms with Gasteiger partial charge in [0, 0.05) is 12.7 Å². The molecule has 3 rings (SSSR count). The van der Waals surface area contributed by atoms with Gasteiger partial charge in [-0.25, -0.2) is 0 Å². The van der Waals surface area contributed by atoms with E-state index in [9.17, 15) is 4.79 Å². The summed E-state index contributed by atoms with van der Waals surface area (Å²) in [6, 6.07) is 4.12. The molecule has 1 aliphatic heterocycles.